The highest BCUT2D eigenvalue weighted by Crippen LogP contribution is 2.14. The van der Waals surface area contributed by atoms with Crippen LogP contribution in [-0.2, 0) is 6.54 Å². The SMILES string of the molecule is Cc1cc(C)cc(NC(=S)NCc2ccc(Cl)cc2)c1. The smallest absolute Gasteiger partial charge is 0.171 e. The molecule has 0 aliphatic carbocycles. The standard InChI is InChI=1S/C16H17ClN2S/c1-11-7-12(2)9-15(8-11)19-16(20)18-10-13-3-5-14(17)6-4-13/h3-9H,10H2,1-2H3,(H2,18,19,20). The van der Waals surface area contributed by atoms with Crippen molar-refractivity contribution in [1.82, 2.24) is 5.32 Å². The molecule has 0 saturated heterocycles. The van der Waals surface area contributed by atoms with Crippen molar-refractivity contribution in [3.05, 3.63) is 64.2 Å². The molecule has 0 heterocycles. The largest absolute Gasteiger partial charge is 0.358 e. The average molecular weight is 305 g/mol. The van der Waals surface area contributed by atoms with E-state index in [-0.39, 0.29) is 0 Å². The third-order valence-electron chi connectivity index (χ3n) is 2.85. The van der Waals surface area contributed by atoms with Crippen LogP contribution in [0.15, 0.2) is 42.5 Å². The summed E-state index contributed by atoms with van der Waals surface area (Å²) in [6.07, 6.45) is 0. The molecular formula is C16H17ClN2S. The lowest BCUT2D eigenvalue weighted by Gasteiger charge is -2.12. The number of aryl methyl sites for hydroxylation is 2. The molecule has 2 aromatic carbocycles. The fourth-order valence-electron chi connectivity index (χ4n) is 2.01. The molecule has 0 radical (unpaired) electrons. The Bertz CT molecular complexity index is 588. The first-order chi connectivity index (χ1) is 9.52. The molecule has 2 rings (SSSR count). The highest BCUT2D eigenvalue weighted by atomic mass is 35.5. The minimum atomic E-state index is 0.616. The van der Waals surface area contributed by atoms with Crippen LogP contribution in [-0.4, -0.2) is 5.11 Å². The Morgan fingerprint density at radius 1 is 1.05 bits per heavy atom. The van der Waals surface area contributed by atoms with E-state index in [2.05, 4.69) is 42.7 Å². The molecule has 0 unspecified atom stereocenters. The lowest BCUT2D eigenvalue weighted by Crippen LogP contribution is -2.27. The number of thiocarbonyl (C=S) groups is 1. The second kappa shape index (κ2) is 6.73. The highest BCUT2D eigenvalue weighted by molar-refractivity contribution is 7.80. The fraction of sp³-hybridized carbons (Fsp3) is 0.188. The molecule has 0 aromatic heterocycles. The maximum atomic E-state index is 5.85. The van der Waals surface area contributed by atoms with Crippen molar-refractivity contribution >= 4 is 34.6 Å². The molecule has 2 N–H and O–H groups in total. The van der Waals surface area contributed by atoms with Crippen LogP contribution in [0.5, 0.6) is 0 Å². The number of hydrogen-bond donors (Lipinski definition) is 2. The Balaban J connectivity index is 1.90. The van der Waals surface area contributed by atoms with Gasteiger partial charge < -0.3 is 10.6 Å². The van der Waals surface area contributed by atoms with Crippen molar-refractivity contribution in [2.24, 2.45) is 0 Å². The Kier molecular flexibility index (Phi) is 4.99. The second-order valence-electron chi connectivity index (χ2n) is 4.81. The molecule has 4 heteroatoms. The van der Waals surface area contributed by atoms with Gasteiger partial charge in [-0.1, -0.05) is 29.8 Å². The summed E-state index contributed by atoms with van der Waals surface area (Å²) in [5.74, 6) is 0. The molecule has 0 atom stereocenters. The number of hydrogen-bond acceptors (Lipinski definition) is 1. The van der Waals surface area contributed by atoms with Crippen molar-refractivity contribution in [2.45, 2.75) is 20.4 Å². The first-order valence-corrected chi connectivity index (χ1v) is 7.19. The monoisotopic (exact) mass is 304 g/mol. The maximum Gasteiger partial charge on any atom is 0.171 e. The van der Waals surface area contributed by atoms with E-state index in [1.807, 2.05) is 24.3 Å². The zero-order chi connectivity index (χ0) is 14.5. The maximum absolute atomic E-state index is 5.85. The van der Waals surface area contributed by atoms with Crippen molar-refractivity contribution in [3.63, 3.8) is 0 Å². The topological polar surface area (TPSA) is 24.1 Å². The Morgan fingerprint density at radius 2 is 1.65 bits per heavy atom. The van der Waals surface area contributed by atoms with Gasteiger partial charge in [0, 0.05) is 17.3 Å². The van der Waals surface area contributed by atoms with Crippen molar-refractivity contribution in [1.29, 1.82) is 0 Å². The molecule has 0 saturated carbocycles. The van der Waals surface area contributed by atoms with Gasteiger partial charge in [0.25, 0.3) is 0 Å². The van der Waals surface area contributed by atoms with E-state index >= 15 is 0 Å². The summed E-state index contributed by atoms with van der Waals surface area (Å²) in [6.45, 7) is 4.82. The number of anilines is 1. The second-order valence-corrected chi connectivity index (χ2v) is 5.66. The summed E-state index contributed by atoms with van der Waals surface area (Å²) < 4.78 is 0. The summed E-state index contributed by atoms with van der Waals surface area (Å²) in [5, 5.41) is 7.74. The van der Waals surface area contributed by atoms with E-state index in [1.165, 1.54) is 11.1 Å². The van der Waals surface area contributed by atoms with Crippen molar-refractivity contribution < 1.29 is 0 Å². The lowest BCUT2D eigenvalue weighted by molar-refractivity contribution is 0.926. The van der Waals surface area contributed by atoms with Gasteiger partial charge in [0.05, 0.1) is 0 Å². The van der Waals surface area contributed by atoms with Gasteiger partial charge in [-0.2, -0.15) is 0 Å². The van der Waals surface area contributed by atoms with E-state index in [1.54, 1.807) is 0 Å². The number of halogens is 1. The fourth-order valence-corrected chi connectivity index (χ4v) is 2.32. The van der Waals surface area contributed by atoms with E-state index in [0.717, 1.165) is 16.3 Å². The van der Waals surface area contributed by atoms with Gasteiger partial charge in [-0.3, -0.25) is 0 Å². The van der Waals surface area contributed by atoms with Crippen molar-refractivity contribution in [2.75, 3.05) is 5.32 Å². The van der Waals surface area contributed by atoms with E-state index in [9.17, 15) is 0 Å². The van der Waals surface area contributed by atoms with Gasteiger partial charge >= 0.3 is 0 Å². The highest BCUT2D eigenvalue weighted by Gasteiger charge is 2.00. The van der Waals surface area contributed by atoms with E-state index < -0.39 is 0 Å². The third kappa shape index (κ3) is 4.51. The zero-order valence-electron chi connectivity index (χ0n) is 11.5. The van der Waals surface area contributed by atoms with Crippen LogP contribution in [0.1, 0.15) is 16.7 Å². The molecule has 0 fully saturated rings. The summed E-state index contributed by atoms with van der Waals surface area (Å²) in [6, 6.07) is 14.0. The van der Waals surface area contributed by atoms with Crippen LogP contribution < -0.4 is 10.6 Å². The predicted molar refractivity (Wildman–Crippen MR) is 90.4 cm³/mol. The van der Waals surface area contributed by atoms with Gasteiger partial charge in [0.2, 0.25) is 0 Å². The van der Waals surface area contributed by atoms with Crippen LogP contribution in [0.4, 0.5) is 5.69 Å². The Labute approximate surface area is 130 Å². The van der Waals surface area contributed by atoms with Crippen LogP contribution in [0.3, 0.4) is 0 Å². The minimum Gasteiger partial charge on any atom is -0.358 e. The molecule has 0 spiro atoms. The van der Waals surface area contributed by atoms with Gasteiger partial charge in [0.15, 0.2) is 5.11 Å². The number of nitrogens with one attached hydrogen (secondary N) is 2. The minimum absolute atomic E-state index is 0.616. The Hall–Kier alpha value is -1.58. The lowest BCUT2D eigenvalue weighted by atomic mass is 10.1. The molecule has 0 aliphatic rings. The molecule has 20 heavy (non-hydrogen) atoms. The number of benzene rings is 2. The van der Waals surface area contributed by atoms with Gasteiger partial charge in [-0.05, 0) is 67.0 Å². The number of rotatable bonds is 3. The van der Waals surface area contributed by atoms with Crippen LogP contribution in [0, 0.1) is 13.8 Å². The van der Waals surface area contributed by atoms with Gasteiger partial charge in [0.1, 0.15) is 0 Å². The normalized spacial score (nSPS) is 10.2. The molecule has 104 valence electrons. The first-order valence-electron chi connectivity index (χ1n) is 6.40. The molecular weight excluding hydrogens is 288 g/mol. The predicted octanol–water partition coefficient (Wildman–Crippen LogP) is 4.44. The van der Waals surface area contributed by atoms with E-state index in [4.69, 9.17) is 23.8 Å². The Morgan fingerprint density at radius 3 is 2.25 bits per heavy atom. The molecule has 2 aromatic rings. The molecule has 0 aliphatic heterocycles. The van der Waals surface area contributed by atoms with Gasteiger partial charge in [-0.15, -0.1) is 0 Å². The third-order valence-corrected chi connectivity index (χ3v) is 3.34. The molecule has 0 bridgehead atoms. The van der Waals surface area contributed by atoms with Gasteiger partial charge in [-0.25, -0.2) is 0 Å². The zero-order valence-corrected chi connectivity index (χ0v) is 13.1. The summed E-state index contributed by atoms with van der Waals surface area (Å²) in [7, 11) is 0. The summed E-state index contributed by atoms with van der Waals surface area (Å²) in [4.78, 5) is 0. The summed E-state index contributed by atoms with van der Waals surface area (Å²) >= 11 is 11.2. The quantitative estimate of drug-likeness (QED) is 0.820. The van der Waals surface area contributed by atoms with Crippen LogP contribution in [0.25, 0.3) is 0 Å². The van der Waals surface area contributed by atoms with Crippen LogP contribution in [0.2, 0.25) is 5.02 Å². The van der Waals surface area contributed by atoms with Crippen molar-refractivity contribution in [3.8, 4) is 0 Å². The average Bonchev–Trinajstić information content (AvgIpc) is 2.37. The molecule has 2 nitrogen and oxygen atoms in total. The first kappa shape index (κ1) is 14.8. The summed E-state index contributed by atoms with van der Waals surface area (Å²) in [5.41, 5.74) is 4.58. The van der Waals surface area contributed by atoms with Crippen LogP contribution >= 0.6 is 23.8 Å². The van der Waals surface area contributed by atoms with E-state index in [0.29, 0.717) is 11.7 Å². The molecule has 0 amide bonds.